The van der Waals surface area contributed by atoms with Crippen LogP contribution in [0, 0.1) is 10.2 Å². The SMILES string of the molecule is CC1(Cn2c(-c3ccccc3)c[nH]c2=S)CCOCC1. The Hall–Kier alpha value is -1.39. The van der Waals surface area contributed by atoms with Crippen LogP contribution in [-0.4, -0.2) is 22.8 Å². The van der Waals surface area contributed by atoms with Gasteiger partial charge in [0.05, 0.1) is 5.69 Å². The average Bonchev–Trinajstić information content (AvgIpc) is 2.81. The molecule has 3 rings (SSSR count). The van der Waals surface area contributed by atoms with E-state index < -0.39 is 0 Å². The lowest BCUT2D eigenvalue weighted by atomic mass is 9.82. The Kier molecular flexibility index (Phi) is 3.76. The van der Waals surface area contributed by atoms with Gasteiger partial charge in [0, 0.05) is 26.0 Å². The van der Waals surface area contributed by atoms with E-state index in [1.54, 1.807) is 0 Å². The lowest BCUT2D eigenvalue weighted by molar-refractivity contribution is 0.0155. The number of H-pyrrole nitrogens is 1. The van der Waals surface area contributed by atoms with Crippen LogP contribution in [0.2, 0.25) is 0 Å². The first kappa shape index (κ1) is 13.6. The first-order valence-corrected chi connectivity index (χ1v) is 7.50. The van der Waals surface area contributed by atoms with E-state index in [0.717, 1.165) is 37.4 Å². The second-order valence-electron chi connectivity index (χ2n) is 5.85. The largest absolute Gasteiger partial charge is 0.381 e. The molecule has 0 radical (unpaired) electrons. The highest BCUT2D eigenvalue weighted by atomic mass is 32.1. The van der Waals surface area contributed by atoms with Crippen LogP contribution in [0.3, 0.4) is 0 Å². The van der Waals surface area contributed by atoms with E-state index in [1.807, 2.05) is 12.3 Å². The number of nitrogens with one attached hydrogen (secondary N) is 1. The molecule has 2 aromatic rings. The number of hydrogen-bond acceptors (Lipinski definition) is 2. The zero-order valence-corrected chi connectivity index (χ0v) is 12.6. The van der Waals surface area contributed by atoms with Crippen LogP contribution in [0.5, 0.6) is 0 Å². The van der Waals surface area contributed by atoms with Crippen molar-refractivity contribution in [2.75, 3.05) is 13.2 Å². The molecule has 0 aliphatic carbocycles. The van der Waals surface area contributed by atoms with E-state index >= 15 is 0 Å². The quantitative estimate of drug-likeness (QED) is 0.864. The van der Waals surface area contributed by atoms with Crippen LogP contribution in [0.15, 0.2) is 36.5 Å². The summed E-state index contributed by atoms with van der Waals surface area (Å²) in [5, 5.41) is 0. The lowest BCUT2D eigenvalue weighted by Crippen LogP contribution is -2.31. The van der Waals surface area contributed by atoms with Crippen molar-refractivity contribution >= 4 is 12.2 Å². The minimum Gasteiger partial charge on any atom is -0.381 e. The van der Waals surface area contributed by atoms with E-state index in [4.69, 9.17) is 17.0 Å². The Morgan fingerprint density at radius 3 is 2.65 bits per heavy atom. The first-order valence-electron chi connectivity index (χ1n) is 7.09. The van der Waals surface area contributed by atoms with E-state index in [0.29, 0.717) is 0 Å². The normalized spacial score (nSPS) is 18.1. The van der Waals surface area contributed by atoms with E-state index in [1.165, 1.54) is 11.3 Å². The monoisotopic (exact) mass is 288 g/mol. The minimum atomic E-state index is 0.266. The van der Waals surface area contributed by atoms with Crippen molar-refractivity contribution in [2.45, 2.75) is 26.3 Å². The summed E-state index contributed by atoms with van der Waals surface area (Å²) >= 11 is 5.47. The Balaban J connectivity index is 1.94. The summed E-state index contributed by atoms with van der Waals surface area (Å²) in [6.45, 7) is 4.99. The van der Waals surface area contributed by atoms with Gasteiger partial charge in [0.2, 0.25) is 0 Å². The summed E-state index contributed by atoms with van der Waals surface area (Å²) in [5.74, 6) is 0. The fourth-order valence-corrected chi connectivity index (χ4v) is 3.03. The molecule has 0 unspecified atom stereocenters. The fraction of sp³-hybridized carbons (Fsp3) is 0.438. The smallest absolute Gasteiger partial charge is 0.177 e. The molecule has 0 bridgehead atoms. The maximum Gasteiger partial charge on any atom is 0.177 e. The molecule has 1 aliphatic heterocycles. The Morgan fingerprint density at radius 1 is 1.25 bits per heavy atom. The summed E-state index contributed by atoms with van der Waals surface area (Å²) in [5.41, 5.74) is 2.64. The van der Waals surface area contributed by atoms with Gasteiger partial charge in [0.15, 0.2) is 4.77 Å². The molecule has 2 heterocycles. The summed E-state index contributed by atoms with van der Waals surface area (Å²) in [4.78, 5) is 3.19. The highest BCUT2D eigenvalue weighted by molar-refractivity contribution is 7.71. The molecule has 106 valence electrons. The number of benzene rings is 1. The summed E-state index contributed by atoms with van der Waals surface area (Å²) < 4.78 is 8.52. The Labute approximate surface area is 124 Å². The van der Waals surface area contributed by atoms with Gasteiger partial charge in [0.25, 0.3) is 0 Å². The van der Waals surface area contributed by atoms with Crippen molar-refractivity contribution < 1.29 is 4.74 Å². The van der Waals surface area contributed by atoms with Crippen molar-refractivity contribution in [1.82, 2.24) is 9.55 Å². The molecule has 4 heteroatoms. The molecular formula is C16H20N2OS. The molecule has 1 fully saturated rings. The topological polar surface area (TPSA) is 29.9 Å². The number of ether oxygens (including phenoxy) is 1. The van der Waals surface area contributed by atoms with Gasteiger partial charge in [-0.3, -0.25) is 0 Å². The summed E-state index contributed by atoms with van der Waals surface area (Å²) in [6, 6.07) is 10.4. The molecule has 1 aromatic carbocycles. The van der Waals surface area contributed by atoms with Gasteiger partial charge in [-0.15, -0.1) is 0 Å². The highest BCUT2D eigenvalue weighted by Crippen LogP contribution is 2.33. The zero-order chi connectivity index (χ0) is 14.0. The highest BCUT2D eigenvalue weighted by Gasteiger charge is 2.28. The first-order chi connectivity index (χ1) is 9.68. The standard InChI is InChI=1S/C16H20N2OS/c1-16(7-9-19-10-8-16)12-18-14(11-17-15(18)20)13-5-3-2-4-6-13/h2-6,11H,7-10,12H2,1H3,(H,17,20). The molecule has 20 heavy (non-hydrogen) atoms. The van der Waals surface area contributed by atoms with Crippen molar-refractivity contribution in [3.05, 3.63) is 41.3 Å². The number of rotatable bonds is 3. The minimum absolute atomic E-state index is 0.266. The maximum atomic E-state index is 5.49. The molecule has 1 aromatic heterocycles. The second kappa shape index (κ2) is 5.54. The third-order valence-electron chi connectivity index (χ3n) is 4.18. The predicted molar refractivity (Wildman–Crippen MR) is 83.2 cm³/mol. The summed E-state index contributed by atoms with van der Waals surface area (Å²) in [7, 11) is 0. The van der Waals surface area contributed by atoms with Crippen molar-refractivity contribution in [3.8, 4) is 11.3 Å². The van der Waals surface area contributed by atoms with Crippen LogP contribution in [0.25, 0.3) is 11.3 Å². The predicted octanol–water partition coefficient (Wildman–Crippen LogP) is 4.03. The average molecular weight is 288 g/mol. The van der Waals surface area contributed by atoms with Gasteiger partial charge in [-0.1, -0.05) is 37.3 Å². The molecule has 0 spiro atoms. The van der Waals surface area contributed by atoms with Gasteiger partial charge in [-0.05, 0) is 36.0 Å². The molecule has 1 aliphatic rings. The summed E-state index contributed by atoms with van der Waals surface area (Å²) in [6.07, 6.45) is 4.20. The van der Waals surface area contributed by atoms with Gasteiger partial charge in [-0.25, -0.2) is 0 Å². The second-order valence-corrected chi connectivity index (χ2v) is 6.24. The van der Waals surface area contributed by atoms with Gasteiger partial charge in [0.1, 0.15) is 0 Å². The lowest BCUT2D eigenvalue weighted by Gasteiger charge is -2.34. The van der Waals surface area contributed by atoms with Crippen LogP contribution in [0.1, 0.15) is 19.8 Å². The molecule has 1 N–H and O–H groups in total. The number of imidazole rings is 1. The number of hydrogen-bond donors (Lipinski definition) is 1. The Morgan fingerprint density at radius 2 is 1.95 bits per heavy atom. The third kappa shape index (κ3) is 2.72. The fourth-order valence-electron chi connectivity index (χ4n) is 2.80. The molecule has 1 saturated heterocycles. The van der Waals surface area contributed by atoms with Crippen molar-refractivity contribution in [3.63, 3.8) is 0 Å². The van der Waals surface area contributed by atoms with Crippen molar-refractivity contribution in [1.29, 1.82) is 0 Å². The van der Waals surface area contributed by atoms with Crippen molar-refractivity contribution in [2.24, 2.45) is 5.41 Å². The zero-order valence-electron chi connectivity index (χ0n) is 11.8. The molecule has 3 nitrogen and oxygen atoms in total. The van der Waals surface area contributed by atoms with Gasteiger partial charge < -0.3 is 14.3 Å². The van der Waals surface area contributed by atoms with E-state index in [2.05, 4.69) is 40.7 Å². The van der Waals surface area contributed by atoms with Gasteiger partial charge in [-0.2, -0.15) is 0 Å². The van der Waals surface area contributed by atoms with Crippen LogP contribution in [-0.2, 0) is 11.3 Å². The molecule has 0 saturated carbocycles. The van der Waals surface area contributed by atoms with E-state index in [9.17, 15) is 0 Å². The third-order valence-corrected chi connectivity index (χ3v) is 4.52. The number of aromatic amines is 1. The molecule has 0 atom stereocenters. The molecule has 0 amide bonds. The molecular weight excluding hydrogens is 268 g/mol. The van der Waals surface area contributed by atoms with Crippen LogP contribution in [0.4, 0.5) is 0 Å². The van der Waals surface area contributed by atoms with Crippen LogP contribution >= 0.6 is 12.2 Å². The number of aromatic nitrogens is 2. The Bertz CT molecular complexity index is 623. The van der Waals surface area contributed by atoms with Crippen LogP contribution < -0.4 is 0 Å². The van der Waals surface area contributed by atoms with E-state index in [-0.39, 0.29) is 5.41 Å². The number of nitrogens with zero attached hydrogens (tertiary/aromatic N) is 1. The maximum absolute atomic E-state index is 5.49. The van der Waals surface area contributed by atoms with Gasteiger partial charge >= 0.3 is 0 Å².